The first-order valence-corrected chi connectivity index (χ1v) is 10.1. The van der Waals surface area contributed by atoms with Gasteiger partial charge in [0.25, 0.3) is 0 Å². The number of benzene rings is 1. The summed E-state index contributed by atoms with van der Waals surface area (Å²) in [7, 11) is 0. The van der Waals surface area contributed by atoms with Gasteiger partial charge in [0, 0.05) is 28.5 Å². The number of fused-ring (bicyclic) bond motifs is 1. The first-order valence-electron chi connectivity index (χ1n) is 10.1. The first-order chi connectivity index (χ1) is 15.2. The molecule has 2 aromatic heterocycles. The van der Waals surface area contributed by atoms with Crippen molar-refractivity contribution in [3.05, 3.63) is 63.8 Å². The summed E-state index contributed by atoms with van der Waals surface area (Å²) in [6.45, 7) is 2.17. The molecule has 10 heteroatoms. The van der Waals surface area contributed by atoms with Crippen molar-refractivity contribution in [2.45, 2.75) is 24.9 Å². The Hall–Kier alpha value is -3.24. The molecule has 1 saturated heterocycles. The minimum atomic E-state index is -3.57. The predicted octanol–water partition coefficient (Wildman–Crippen LogP) is 1.87. The summed E-state index contributed by atoms with van der Waals surface area (Å²) >= 11 is 0. The van der Waals surface area contributed by atoms with E-state index >= 15 is 8.78 Å². The Bertz CT molecular complexity index is 1290. The highest BCUT2D eigenvalue weighted by Gasteiger charge is 2.43. The van der Waals surface area contributed by atoms with Gasteiger partial charge >= 0.3 is 5.92 Å². The van der Waals surface area contributed by atoms with E-state index in [0.717, 1.165) is 30.0 Å². The van der Waals surface area contributed by atoms with E-state index in [4.69, 9.17) is 4.74 Å². The topological polar surface area (TPSA) is 96.0 Å². The van der Waals surface area contributed by atoms with E-state index in [-0.39, 0.29) is 30.3 Å². The van der Waals surface area contributed by atoms with Crippen molar-refractivity contribution in [3.8, 4) is 0 Å². The third-order valence-corrected chi connectivity index (χ3v) is 5.74. The molecule has 32 heavy (non-hydrogen) atoms. The number of anilines is 2. The Morgan fingerprint density at radius 2 is 1.97 bits per heavy atom. The van der Waals surface area contributed by atoms with Crippen molar-refractivity contribution in [2.24, 2.45) is 5.92 Å². The van der Waals surface area contributed by atoms with Crippen LogP contribution in [-0.4, -0.2) is 44.1 Å². The van der Waals surface area contributed by atoms with Crippen LogP contribution in [0.15, 0.2) is 30.3 Å². The van der Waals surface area contributed by atoms with Gasteiger partial charge in [-0.15, -0.1) is 0 Å². The van der Waals surface area contributed by atoms with Crippen LogP contribution in [0.2, 0.25) is 0 Å². The molecule has 1 atom stereocenters. The van der Waals surface area contributed by atoms with E-state index in [2.05, 4.69) is 25.5 Å². The molecular formula is C22H20F3N5O2. The highest BCUT2D eigenvalue weighted by atomic mass is 19.3. The van der Waals surface area contributed by atoms with E-state index in [0.29, 0.717) is 17.5 Å². The van der Waals surface area contributed by atoms with Crippen molar-refractivity contribution in [1.82, 2.24) is 20.2 Å². The van der Waals surface area contributed by atoms with E-state index in [9.17, 15) is 9.50 Å². The third kappa shape index (κ3) is 3.55. The van der Waals surface area contributed by atoms with E-state index in [1.54, 1.807) is 12.1 Å². The quantitative estimate of drug-likeness (QED) is 0.557. The lowest BCUT2D eigenvalue weighted by Gasteiger charge is -2.41. The van der Waals surface area contributed by atoms with E-state index in [1.807, 2.05) is 13.0 Å². The number of hydrogen-bond donors (Lipinski definition) is 3. The second-order valence-corrected chi connectivity index (χ2v) is 8.15. The molecule has 0 bridgehead atoms. The fraction of sp³-hybridized carbons (Fsp3) is 0.318. The summed E-state index contributed by atoms with van der Waals surface area (Å²) in [5, 5.41) is 21.3. The maximum absolute atomic E-state index is 15.3. The summed E-state index contributed by atoms with van der Waals surface area (Å²) in [5.74, 6) is -4.66. The number of hydrogen-bond acceptors (Lipinski definition) is 6. The molecule has 1 unspecified atom stereocenters. The van der Waals surface area contributed by atoms with Crippen molar-refractivity contribution in [2.75, 3.05) is 18.5 Å². The molecule has 1 aliphatic carbocycles. The van der Waals surface area contributed by atoms with Crippen LogP contribution in [0.3, 0.4) is 0 Å². The standard InChI is InChI=1S/C22H20F3N5O2/c1-12-8-18(30-29-12)27-19-16-7-4-14(21(31)10-32-11-21)9-17(16)26-20(28-19)22(24,25)13-2-5-15(23)6-3-13/h2-3,5-9,14,31H,4,10-11H2,1H3,(H2,26,27,28,29,30). The molecule has 3 aromatic rings. The third-order valence-electron chi connectivity index (χ3n) is 5.74. The molecule has 0 saturated carbocycles. The summed E-state index contributed by atoms with van der Waals surface area (Å²) in [6, 6.07) is 5.67. The number of halogens is 3. The number of ether oxygens (including phenoxy) is 1. The molecule has 1 aromatic carbocycles. The number of H-pyrrole nitrogens is 1. The number of aromatic amines is 1. The molecule has 0 radical (unpaired) electrons. The summed E-state index contributed by atoms with van der Waals surface area (Å²) in [5.41, 5.74) is -0.691. The second-order valence-electron chi connectivity index (χ2n) is 8.15. The minimum absolute atomic E-state index is 0.171. The number of rotatable bonds is 5. The smallest absolute Gasteiger partial charge is 0.331 e. The normalized spacial score (nSPS) is 19.3. The lowest BCUT2D eigenvalue weighted by atomic mass is 9.81. The van der Waals surface area contributed by atoms with Gasteiger partial charge in [-0.2, -0.15) is 13.9 Å². The number of aryl methyl sites for hydroxylation is 1. The van der Waals surface area contributed by atoms with Gasteiger partial charge in [-0.05, 0) is 37.6 Å². The lowest BCUT2D eigenvalue weighted by Crippen LogP contribution is -2.56. The van der Waals surface area contributed by atoms with Gasteiger partial charge in [0.05, 0.1) is 18.6 Å². The molecule has 1 fully saturated rings. The molecule has 1 aliphatic heterocycles. The van der Waals surface area contributed by atoms with Crippen LogP contribution in [0.1, 0.15) is 23.5 Å². The van der Waals surface area contributed by atoms with E-state index < -0.39 is 28.7 Å². The van der Waals surface area contributed by atoms with Crippen LogP contribution < -0.4 is 15.9 Å². The van der Waals surface area contributed by atoms with Crippen LogP contribution >= 0.6 is 0 Å². The van der Waals surface area contributed by atoms with Gasteiger partial charge < -0.3 is 15.2 Å². The number of aliphatic hydroxyl groups is 1. The Labute approximate surface area is 180 Å². The molecule has 166 valence electrons. The second kappa shape index (κ2) is 7.42. The zero-order valence-corrected chi connectivity index (χ0v) is 17.1. The highest BCUT2D eigenvalue weighted by molar-refractivity contribution is 5.57. The monoisotopic (exact) mass is 443 g/mol. The summed E-state index contributed by atoms with van der Waals surface area (Å²) < 4.78 is 49.1. The SMILES string of the molecule is Cc1cc(Nc2nc(C(F)(F)c3ccc(F)cc3)nc3c2=CCC(C2(O)COC2)C=3)n[nH]1. The Morgan fingerprint density at radius 1 is 1.22 bits per heavy atom. The maximum Gasteiger partial charge on any atom is 0.331 e. The molecule has 3 N–H and O–H groups in total. The Morgan fingerprint density at radius 3 is 2.59 bits per heavy atom. The van der Waals surface area contributed by atoms with Crippen LogP contribution in [0.5, 0.6) is 0 Å². The average Bonchev–Trinajstić information content (AvgIpc) is 3.16. The summed E-state index contributed by atoms with van der Waals surface area (Å²) in [6.07, 6.45) is 3.99. The van der Waals surface area contributed by atoms with E-state index in [1.165, 1.54) is 0 Å². The van der Waals surface area contributed by atoms with Gasteiger partial charge in [0.2, 0.25) is 5.82 Å². The number of alkyl halides is 2. The molecule has 7 nitrogen and oxygen atoms in total. The zero-order valence-electron chi connectivity index (χ0n) is 17.1. The molecule has 0 amide bonds. The Kier molecular flexibility index (Phi) is 4.79. The lowest BCUT2D eigenvalue weighted by molar-refractivity contribution is -0.194. The van der Waals surface area contributed by atoms with Gasteiger partial charge in [-0.3, -0.25) is 5.10 Å². The van der Waals surface area contributed by atoms with Gasteiger partial charge in [-0.1, -0.05) is 12.2 Å². The number of aromatic nitrogens is 4. The largest absolute Gasteiger partial charge is 0.384 e. The number of nitrogens with zero attached hydrogens (tertiary/aromatic N) is 3. The van der Waals surface area contributed by atoms with Gasteiger partial charge in [-0.25, -0.2) is 14.4 Å². The van der Waals surface area contributed by atoms with Crippen molar-refractivity contribution >= 4 is 23.8 Å². The first kappa shape index (κ1) is 20.7. The van der Waals surface area contributed by atoms with Gasteiger partial charge in [0.15, 0.2) is 5.82 Å². The molecule has 2 aliphatic rings. The number of nitrogens with one attached hydrogen (secondary N) is 2. The van der Waals surface area contributed by atoms with Crippen molar-refractivity contribution in [3.63, 3.8) is 0 Å². The molecule has 0 spiro atoms. The molecule has 3 heterocycles. The maximum atomic E-state index is 15.3. The predicted molar refractivity (Wildman–Crippen MR) is 110 cm³/mol. The average molecular weight is 443 g/mol. The van der Waals surface area contributed by atoms with Crippen LogP contribution in [-0.2, 0) is 10.7 Å². The van der Waals surface area contributed by atoms with Crippen LogP contribution in [0.25, 0.3) is 12.2 Å². The van der Waals surface area contributed by atoms with Crippen molar-refractivity contribution < 1.29 is 23.0 Å². The van der Waals surface area contributed by atoms with Gasteiger partial charge in [0.1, 0.15) is 17.2 Å². The molecule has 5 rings (SSSR count). The minimum Gasteiger partial charge on any atom is -0.384 e. The molecular weight excluding hydrogens is 423 g/mol. The van der Waals surface area contributed by atoms with Crippen LogP contribution in [0.4, 0.5) is 24.8 Å². The van der Waals surface area contributed by atoms with Crippen molar-refractivity contribution in [1.29, 1.82) is 0 Å². The Balaban J connectivity index is 1.64. The summed E-state index contributed by atoms with van der Waals surface area (Å²) in [4.78, 5) is 8.28. The fourth-order valence-electron chi connectivity index (χ4n) is 3.85. The fourth-order valence-corrected chi connectivity index (χ4v) is 3.85. The zero-order chi connectivity index (χ0) is 22.5. The highest BCUT2D eigenvalue weighted by Crippen LogP contribution is 2.34. The van der Waals surface area contributed by atoms with Crippen LogP contribution in [0, 0.1) is 18.7 Å².